The predicted molar refractivity (Wildman–Crippen MR) is 74.4 cm³/mol. The van der Waals surface area contributed by atoms with E-state index in [2.05, 4.69) is 48.4 Å². The second-order valence-electron chi connectivity index (χ2n) is 4.27. The number of ether oxygens (including phenoxy) is 1. The molecule has 96 valence electrons. The van der Waals surface area contributed by atoms with Crippen LogP contribution >= 0.6 is 11.3 Å². The Hall–Kier alpha value is -1.62. The summed E-state index contributed by atoms with van der Waals surface area (Å²) in [5, 5.41) is 12.7. The van der Waals surface area contributed by atoms with Crippen molar-refractivity contribution in [3.8, 4) is 5.75 Å². The van der Waals surface area contributed by atoms with E-state index in [4.69, 9.17) is 4.74 Å². The minimum Gasteiger partial charge on any atom is -0.486 e. The van der Waals surface area contributed by atoms with Crippen LogP contribution in [-0.4, -0.2) is 17.2 Å². The summed E-state index contributed by atoms with van der Waals surface area (Å²) in [7, 11) is 1.83. The molecule has 0 fully saturated rings. The first-order valence-corrected chi connectivity index (χ1v) is 6.62. The summed E-state index contributed by atoms with van der Waals surface area (Å²) in [6, 6.07) is 4.25. The summed E-state index contributed by atoms with van der Waals surface area (Å²) < 4.78 is 5.85. The summed E-state index contributed by atoms with van der Waals surface area (Å²) in [6.07, 6.45) is 0. The Balaban J connectivity index is 2.10. The number of nitrogens with zero attached hydrogens (tertiary/aromatic N) is 2. The first kappa shape index (κ1) is 12.8. The summed E-state index contributed by atoms with van der Waals surface area (Å²) in [4.78, 5) is 0. The van der Waals surface area contributed by atoms with Gasteiger partial charge in [0.2, 0.25) is 5.13 Å². The van der Waals surface area contributed by atoms with Crippen LogP contribution in [0.5, 0.6) is 5.75 Å². The van der Waals surface area contributed by atoms with Gasteiger partial charge in [0.25, 0.3) is 0 Å². The fraction of sp³-hybridized carbons (Fsp3) is 0.385. The smallest absolute Gasteiger partial charge is 0.205 e. The molecule has 2 rings (SSSR count). The van der Waals surface area contributed by atoms with Crippen LogP contribution in [0.4, 0.5) is 5.13 Å². The van der Waals surface area contributed by atoms with Crippen molar-refractivity contribution in [1.82, 2.24) is 10.2 Å². The minimum atomic E-state index is 0.462. The van der Waals surface area contributed by atoms with Crippen molar-refractivity contribution < 1.29 is 4.74 Å². The summed E-state index contributed by atoms with van der Waals surface area (Å²) in [5.74, 6) is 0.946. The van der Waals surface area contributed by atoms with Crippen LogP contribution in [0, 0.1) is 20.8 Å². The molecule has 1 heterocycles. The fourth-order valence-corrected chi connectivity index (χ4v) is 2.55. The van der Waals surface area contributed by atoms with Crippen molar-refractivity contribution in [2.75, 3.05) is 12.4 Å². The number of aryl methyl sites for hydroxylation is 3. The van der Waals surface area contributed by atoms with Crippen molar-refractivity contribution in [2.24, 2.45) is 0 Å². The van der Waals surface area contributed by atoms with Gasteiger partial charge >= 0.3 is 0 Å². The van der Waals surface area contributed by atoms with Crippen molar-refractivity contribution in [3.05, 3.63) is 33.8 Å². The van der Waals surface area contributed by atoms with E-state index < -0.39 is 0 Å². The van der Waals surface area contributed by atoms with Crippen LogP contribution in [0.1, 0.15) is 21.7 Å². The molecule has 5 heteroatoms. The highest BCUT2D eigenvalue weighted by Gasteiger charge is 2.08. The number of rotatable bonds is 4. The van der Waals surface area contributed by atoms with Gasteiger partial charge in [-0.2, -0.15) is 0 Å². The molecule has 0 aliphatic heterocycles. The SMILES string of the molecule is CNc1nnc(COc2c(C)cc(C)cc2C)s1. The van der Waals surface area contributed by atoms with E-state index >= 15 is 0 Å². The van der Waals surface area contributed by atoms with E-state index in [9.17, 15) is 0 Å². The van der Waals surface area contributed by atoms with Gasteiger partial charge in [-0.3, -0.25) is 0 Å². The molecule has 0 spiro atoms. The van der Waals surface area contributed by atoms with Gasteiger partial charge in [-0.15, -0.1) is 10.2 Å². The monoisotopic (exact) mass is 263 g/mol. The Kier molecular flexibility index (Phi) is 3.81. The molecule has 0 amide bonds. The van der Waals surface area contributed by atoms with Crippen molar-refractivity contribution in [3.63, 3.8) is 0 Å². The molecule has 0 saturated carbocycles. The second kappa shape index (κ2) is 5.35. The van der Waals surface area contributed by atoms with Crippen LogP contribution < -0.4 is 10.1 Å². The maximum absolute atomic E-state index is 5.85. The summed E-state index contributed by atoms with van der Waals surface area (Å²) in [6.45, 7) is 6.68. The lowest BCUT2D eigenvalue weighted by Gasteiger charge is -2.11. The molecule has 1 aromatic heterocycles. The Labute approximate surface area is 111 Å². The topological polar surface area (TPSA) is 47.0 Å². The number of nitrogens with one attached hydrogen (secondary N) is 1. The summed E-state index contributed by atoms with van der Waals surface area (Å²) >= 11 is 1.51. The molecule has 18 heavy (non-hydrogen) atoms. The quantitative estimate of drug-likeness (QED) is 0.921. The lowest BCUT2D eigenvalue weighted by Crippen LogP contribution is -1.99. The molecule has 0 atom stereocenters. The van der Waals surface area contributed by atoms with Crippen LogP contribution in [-0.2, 0) is 6.61 Å². The van der Waals surface area contributed by atoms with Gasteiger partial charge in [-0.25, -0.2) is 0 Å². The van der Waals surface area contributed by atoms with Gasteiger partial charge in [0.1, 0.15) is 12.4 Å². The third-order valence-electron chi connectivity index (χ3n) is 2.63. The van der Waals surface area contributed by atoms with Gasteiger partial charge in [0.05, 0.1) is 0 Å². The highest BCUT2D eigenvalue weighted by molar-refractivity contribution is 7.15. The Morgan fingerprint density at radius 2 is 1.83 bits per heavy atom. The zero-order valence-electron chi connectivity index (χ0n) is 11.1. The van der Waals surface area contributed by atoms with Crippen LogP contribution in [0.3, 0.4) is 0 Å². The molecule has 2 aromatic rings. The average Bonchev–Trinajstić information content (AvgIpc) is 2.75. The molecule has 4 nitrogen and oxygen atoms in total. The molecular formula is C13H17N3OS. The van der Waals surface area contributed by atoms with Gasteiger partial charge < -0.3 is 10.1 Å². The van der Waals surface area contributed by atoms with Crippen LogP contribution in [0.2, 0.25) is 0 Å². The molecule has 0 aliphatic carbocycles. The standard InChI is InChI=1S/C13H17N3OS/c1-8-5-9(2)12(10(3)6-8)17-7-11-15-16-13(14-4)18-11/h5-6H,7H2,1-4H3,(H,14,16). The van der Waals surface area contributed by atoms with E-state index in [0.717, 1.165) is 27.0 Å². The second-order valence-corrected chi connectivity index (χ2v) is 5.33. The van der Waals surface area contributed by atoms with Crippen molar-refractivity contribution >= 4 is 16.5 Å². The molecule has 1 aromatic carbocycles. The zero-order chi connectivity index (χ0) is 13.1. The molecule has 0 aliphatic rings. The molecule has 0 radical (unpaired) electrons. The first-order chi connectivity index (χ1) is 8.60. The summed E-state index contributed by atoms with van der Waals surface area (Å²) in [5.41, 5.74) is 3.57. The molecule has 0 saturated heterocycles. The Morgan fingerprint density at radius 3 is 2.39 bits per heavy atom. The molecule has 1 N–H and O–H groups in total. The number of benzene rings is 1. The molecule has 0 unspecified atom stereocenters. The fourth-order valence-electron chi connectivity index (χ4n) is 1.94. The lowest BCUT2D eigenvalue weighted by molar-refractivity contribution is 0.300. The first-order valence-electron chi connectivity index (χ1n) is 5.81. The Bertz CT molecular complexity index is 528. The number of hydrogen-bond acceptors (Lipinski definition) is 5. The predicted octanol–water partition coefficient (Wildman–Crippen LogP) is 3.08. The Morgan fingerprint density at radius 1 is 1.17 bits per heavy atom. The number of hydrogen-bond donors (Lipinski definition) is 1. The van der Waals surface area contributed by atoms with Crippen LogP contribution in [0.25, 0.3) is 0 Å². The van der Waals surface area contributed by atoms with Gasteiger partial charge in [0, 0.05) is 7.05 Å². The van der Waals surface area contributed by atoms with E-state index in [0.29, 0.717) is 6.61 Å². The average molecular weight is 263 g/mol. The highest BCUT2D eigenvalue weighted by atomic mass is 32.1. The van der Waals surface area contributed by atoms with E-state index in [1.165, 1.54) is 16.9 Å². The van der Waals surface area contributed by atoms with Gasteiger partial charge in [-0.1, -0.05) is 29.0 Å². The van der Waals surface area contributed by atoms with Crippen molar-refractivity contribution in [1.29, 1.82) is 0 Å². The van der Waals surface area contributed by atoms with Gasteiger partial charge in [-0.05, 0) is 31.9 Å². The van der Waals surface area contributed by atoms with Gasteiger partial charge in [0.15, 0.2) is 5.01 Å². The third-order valence-corrected chi connectivity index (χ3v) is 3.54. The largest absolute Gasteiger partial charge is 0.486 e. The normalized spacial score (nSPS) is 10.4. The number of aromatic nitrogens is 2. The maximum Gasteiger partial charge on any atom is 0.205 e. The molecule has 0 bridgehead atoms. The third kappa shape index (κ3) is 2.79. The van der Waals surface area contributed by atoms with E-state index in [-0.39, 0.29) is 0 Å². The highest BCUT2D eigenvalue weighted by Crippen LogP contribution is 2.26. The van der Waals surface area contributed by atoms with Crippen molar-refractivity contribution in [2.45, 2.75) is 27.4 Å². The van der Waals surface area contributed by atoms with E-state index in [1.54, 1.807) is 0 Å². The van der Waals surface area contributed by atoms with E-state index in [1.807, 2.05) is 7.05 Å². The number of anilines is 1. The minimum absolute atomic E-state index is 0.462. The molecular weight excluding hydrogens is 246 g/mol. The zero-order valence-corrected chi connectivity index (χ0v) is 11.9. The van der Waals surface area contributed by atoms with Crippen LogP contribution in [0.15, 0.2) is 12.1 Å². The maximum atomic E-state index is 5.85. The lowest BCUT2D eigenvalue weighted by atomic mass is 10.1.